The van der Waals surface area contributed by atoms with Gasteiger partial charge < -0.3 is 0 Å². The predicted octanol–water partition coefficient (Wildman–Crippen LogP) is 6.37. The van der Waals surface area contributed by atoms with Crippen molar-refractivity contribution in [1.29, 1.82) is 0 Å². The summed E-state index contributed by atoms with van der Waals surface area (Å²) in [5.41, 5.74) is 6.18. The molecule has 0 aliphatic carbocycles. The van der Waals surface area contributed by atoms with Gasteiger partial charge in [-0.1, -0.05) is 84.0 Å². The van der Waals surface area contributed by atoms with Crippen LogP contribution in [0.25, 0.3) is 27.8 Å². The maximum absolute atomic E-state index is 12.7. The number of hydrogen-bond donors (Lipinski definition) is 1. The molecule has 5 rings (SSSR count). The number of carbonyl (C=O) groups excluding carboxylic acids is 1. The molecule has 1 heterocycles. The van der Waals surface area contributed by atoms with Crippen LogP contribution in [-0.2, 0) is 4.79 Å². The van der Waals surface area contributed by atoms with Crippen LogP contribution in [0.15, 0.2) is 107 Å². The van der Waals surface area contributed by atoms with Crippen molar-refractivity contribution in [1.82, 2.24) is 20.2 Å². The summed E-state index contributed by atoms with van der Waals surface area (Å²) < 4.78 is 1.94. The lowest BCUT2D eigenvalue weighted by Crippen LogP contribution is -2.21. The van der Waals surface area contributed by atoms with E-state index in [0.717, 1.165) is 33.3 Å². The summed E-state index contributed by atoms with van der Waals surface area (Å²) >= 11 is 7.36. The zero-order chi connectivity index (χ0) is 24.9. The number of amides is 1. The first-order chi connectivity index (χ1) is 17.6. The summed E-state index contributed by atoms with van der Waals surface area (Å²) in [6, 6.07) is 31.4. The number of aromatic nitrogens is 3. The maximum atomic E-state index is 12.7. The first-order valence-electron chi connectivity index (χ1n) is 11.3. The molecule has 0 saturated heterocycles. The second-order valence-electron chi connectivity index (χ2n) is 8.03. The third kappa shape index (κ3) is 5.17. The normalized spacial score (nSPS) is 11.6. The van der Waals surface area contributed by atoms with E-state index < -0.39 is 0 Å². The molecule has 6 nitrogen and oxygen atoms in total. The summed E-state index contributed by atoms with van der Waals surface area (Å²) in [7, 11) is 0. The highest BCUT2D eigenvalue weighted by atomic mass is 35.5. The monoisotopic (exact) mass is 511 g/mol. The Morgan fingerprint density at radius 2 is 1.64 bits per heavy atom. The molecule has 0 spiro atoms. The summed E-state index contributed by atoms with van der Waals surface area (Å²) in [6.45, 7) is 1.89. The van der Waals surface area contributed by atoms with Crippen molar-refractivity contribution in [2.24, 2.45) is 5.10 Å². The Kier molecular flexibility index (Phi) is 7.11. The number of hydrazone groups is 1. The molecular formula is C28H22ClN5OS. The summed E-state index contributed by atoms with van der Waals surface area (Å²) in [5, 5.41) is 16.6. The molecular weight excluding hydrogens is 490 g/mol. The molecule has 1 N–H and O–H groups in total. The van der Waals surface area contributed by atoms with Gasteiger partial charge in [0.15, 0.2) is 11.0 Å². The van der Waals surface area contributed by atoms with Gasteiger partial charge in [0.2, 0.25) is 0 Å². The zero-order valence-corrected chi connectivity index (χ0v) is 21.0. The molecule has 0 saturated carbocycles. The Morgan fingerprint density at radius 3 is 2.44 bits per heavy atom. The van der Waals surface area contributed by atoms with Gasteiger partial charge in [-0.15, -0.1) is 10.2 Å². The van der Waals surface area contributed by atoms with Gasteiger partial charge in [-0.25, -0.2) is 5.43 Å². The second kappa shape index (κ2) is 10.8. The van der Waals surface area contributed by atoms with Crippen LogP contribution < -0.4 is 5.43 Å². The van der Waals surface area contributed by atoms with Crippen molar-refractivity contribution < 1.29 is 4.79 Å². The van der Waals surface area contributed by atoms with Crippen LogP contribution in [0.5, 0.6) is 0 Å². The molecule has 0 aliphatic heterocycles. The van der Waals surface area contributed by atoms with Crippen molar-refractivity contribution in [3.05, 3.63) is 108 Å². The lowest BCUT2D eigenvalue weighted by molar-refractivity contribution is -0.118. The summed E-state index contributed by atoms with van der Waals surface area (Å²) in [4.78, 5) is 12.7. The van der Waals surface area contributed by atoms with Crippen LogP contribution in [0.4, 0.5) is 0 Å². The van der Waals surface area contributed by atoms with E-state index >= 15 is 0 Å². The number of halogens is 1. The van der Waals surface area contributed by atoms with Gasteiger partial charge >= 0.3 is 0 Å². The number of benzene rings is 4. The Labute approximate surface area is 218 Å². The number of nitrogens with zero attached hydrogens (tertiary/aromatic N) is 4. The van der Waals surface area contributed by atoms with Crippen molar-refractivity contribution >= 4 is 45.8 Å². The molecule has 1 aromatic heterocycles. The fourth-order valence-corrected chi connectivity index (χ4v) is 4.74. The van der Waals surface area contributed by atoms with Crippen molar-refractivity contribution in [3.8, 4) is 17.1 Å². The van der Waals surface area contributed by atoms with E-state index in [0.29, 0.717) is 16.0 Å². The van der Waals surface area contributed by atoms with E-state index in [4.69, 9.17) is 11.6 Å². The van der Waals surface area contributed by atoms with E-state index in [1.807, 2.05) is 90.4 Å². The molecule has 178 valence electrons. The third-order valence-electron chi connectivity index (χ3n) is 5.61. The SMILES string of the molecule is C/C(=N\NC(=O)CSc1nnc(-c2ccc(Cl)cc2)n1-c1ccccc1)c1cccc2ccccc12. The molecule has 36 heavy (non-hydrogen) atoms. The van der Waals surface area contributed by atoms with Crippen molar-refractivity contribution in [3.63, 3.8) is 0 Å². The lowest BCUT2D eigenvalue weighted by Gasteiger charge is -2.10. The Hall–Kier alpha value is -3.94. The molecule has 0 bridgehead atoms. The van der Waals surface area contributed by atoms with Gasteiger partial charge in [-0.3, -0.25) is 9.36 Å². The highest BCUT2D eigenvalue weighted by molar-refractivity contribution is 7.99. The highest BCUT2D eigenvalue weighted by Crippen LogP contribution is 2.28. The Balaban J connectivity index is 1.34. The number of para-hydroxylation sites is 1. The Morgan fingerprint density at radius 1 is 0.917 bits per heavy atom. The van der Waals surface area contributed by atoms with E-state index in [9.17, 15) is 4.79 Å². The molecule has 4 aromatic carbocycles. The van der Waals surface area contributed by atoms with Gasteiger partial charge in [0.25, 0.3) is 5.91 Å². The number of carbonyl (C=O) groups is 1. The number of fused-ring (bicyclic) bond motifs is 1. The van der Waals surface area contributed by atoms with Crippen LogP contribution in [-0.4, -0.2) is 32.1 Å². The fourth-order valence-electron chi connectivity index (χ4n) is 3.87. The van der Waals surface area contributed by atoms with E-state index in [2.05, 4.69) is 38.9 Å². The molecule has 5 aromatic rings. The molecule has 0 atom stereocenters. The van der Waals surface area contributed by atoms with Crippen LogP contribution in [0.3, 0.4) is 0 Å². The molecule has 1 amide bonds. The van der Waals surface area contributed by atoms with Gasteiger partial charge in [0.1, 0.15) is 0 Å². The third-order valence-corrected chi connectivity index (χ3v) is 6.79. The largest absolute Gasteiger partial charge is 0.272 e. The van der Waals surface area contributed by atoms with Gasteiger partial charge in [0.05, 0.1) is 11.5 Å². The first kappa shape index (κ1) is 23.8. The van der Waals surface area contributed by atoms with E-state index in [1.54, 1.807) is 0 Å². The quantitative estimate of drug-likeness (QED) is 0.156. The predicted molar refractivity (Wildman–Crippen MR) is 147 cm³/mol. The summed E-state index contributed by atoms with van der Waals surface area (Å²) in [6.07, 6.45) is 0. The van der Waals surface area contributed by atoms with Crippen molar-refractivity contribution in [2.45, 2.75) is 12.1 Å². The fraction of sp³-hybridized carbons (Fsp3) is 0.0714. The molecule has 0 aliphatic rings. The molecule has 0 unspecified atom stereocenters. The number of rotatable bonds is 7. The van der Waals surface area contributed by atoms with Crippen molar-refractivity contribution in [2.75, 3.05) is 5.75 Å². The number of nitrogens with one attached hydrogen (secondary N) is 1. The van der Waals surface area contributed by atoms with Crippen LogP contribution in [0, 0.1) is 0 Å². The zero-order valence-electron chi connectivity index (χ0n) is 19.4. The molecule has 8 heteroatoms. The summed E-state index contributed by atoms with van der Waals surface area (Å²) in [5.74, 6) is 0.582. The average molecular weight is 512 g/mol. The van der Waals surface area contributed by atoms with E-state index in [1.165, 1.54) is 11.8 Å². The number of thioether (sulfide) groups is 1. The van der Waals surface area contributed by atoms with Gasteiger partial charge in [-0.2, -0.15) is 5.10 Å². The van der Waals surface area contributed by atoms with Crippen LogP contribution in [0.1, 0.15) is 12.5 Å². The van der Waals surface area contributed by atoms with Gasteiger partial charge in [-0.05, 0) is 54.1 Å². The second-order valence-corrected chi connectivity index (χ2v) is 9.41. The highest BCUT2D eigenvalue weighted by Gasteiger charge is 2.17. The topological polar surface area (TPSA) is 72.2 Å². The minimum atomic E-state index is -0.227. The van der Waals surface area contributed by atoms with Gasteiger partial charge in [0, 0.05) is 21.8 Å². The lowest BCUT2D eigenvalue weighted by atomic mass is 10.0. The van der Waals surface area contributed by atoms with Crippen LogP contribution >= 0.6 is 23.4 Å². The smallest absolute Gasteiger partial charge is 0.250 e. The molecule has 0 fully saturated rings. The van der Waals surface area contributed by atoms with E-state index in [-0.39, 0.29) is 11.7 Å². The maximum Gasteiger partial charge on any atom is 0.250 e. The minimum Gasteiger partial charge on any atom is -0.272 e. The number of hydrogen-bond acceptors (Lipinski definition) is 5. The first-order valence-corrected chi connectivity index (χ1v) is 12.7. The Bertz CT molecular complexity index is 1540. The standard InChI is InChI=1S/C28H22ClN5OS/c1-19(24-13-7-9-20-8-5-6-12-25(20)24)30-31-26(35)18-36-28-33-32-27(21-14-16-22(29)17-15-21)34(28)23-10-3-2-4-11-23/h2-17H,18H2,1H3,(H,31,35)/b30-19+. The minimum absolute atomic E-state index is 0.137. The average Bonchev–Trinajstić information content (AvgIpc) is 3.35. The van der Waals surface area contributed by atoms with Crippen LogP contribution in [0.2, 0.25) is 5.02 Å². The molecule has 0 radical (unpaired) electrons.